The average Bonchev–Trinajstić information content (AvgIpc) is 2.60. The lowest BCUT2D eigenvalue weighted by atomic mass is 10.2. The van der Waals surface area contributed by atoms with Crippen LogP contribution in [0.15, 0.2) is 24.3 Å². The Bertz CT molecular complexity index is 489. The van der Waals surface area contributed by atoms with Crippen molar-refractivity contribution in [1.29, 1.82) is 0 Å². The fraction of sp³-hybridized carbons (Fsp3) is 0.182. The summed E-state index contributed by atoms with van der Waals surface area (Å²) in [6, 6.07) is 0. The Morgan fingerprint density at radius 2 is 2.12 bits per heavy atom. The van der Waals surface area contributed by atoms with E-state index >= 15 is 0 Å². The second kappa shape index (κ2) is 5.95. The van der Waals surface area contributed by atoms with Gasteiger partial charge in [-0.1, -0.05) is 18.2 Å². The number of carbonyl (C=O) groups excluding carboxylic acids is 1. The molecule has 0 atom stereocenters. The standard InChI is InChI=1S/C11H12N2O3S/c1-3-4-5-6-8(14)12-10-9(11(15)16)7(2)13-17-10/h3-6H,1-2H3,(H,12,14)(H,15,16)/b4-3+,6-5+. The number of hydrogen-bond acceptors (Lipinski definition) is 4. The summed E-state index contributed by atoms with van der Waals surface area (Å²) in [4.78, 5) is 22.4. The third-order valence-electron chi connectivity index (χ3n) is 1.86. The maximum atomic E-state index is 11.4. The Kier molecular flexibility index (Phi) is 4.59. The van der Waals surface area contributed by atoms with Crippen LogP contribution >= 0.6 is 11.5 Å². The number of carboxylic acids is 1. The summed E-state index contributed by atoms with van der Waals surface area (Å²) >= 11 is 0.957. The van der Waals surface area contributed by atoms with Gasteiger partial charge in [0.2, 0.25) is 5.91 Å². The molecule has 0 fully saturated rings. The number of rotatable bonds is 4. The highest BCUT2D eigenvalue weighted by atomic mass is 32.1. The molecule has 5 nitrogen and oxygen atoms in total. The minimum atomic E-state index is -1.09. The molecule has 1 aromatic heterocycles. The summed E-state index contributed by atoms with van der Waals surface area (Å²) in [7, 11) is 0. The molecule has 0 aliphatic rings. The van der Waals surface area contributed by atoms with Crippen LogP contribution in [-0.2, 0) is 4.79 Å². The zero-order valence-corrected chi connectivity index (χ0v) is 10.2. The lowest BCUT2D eigenvalue weighted by Crippen LogP contribution is -2.10. The van der Waals surface area contributed by atoms with Crippen molar-refractivity contribution >= 4 is 28.4 Å². The summed E-state index contributed by atoms with van der Waals surface area (Å²) < 4.78 is 3.90. The quantitative estimate of drug-likeness (QED) is 0.636. The smallest absolute Gasteiger partial charge is 0.340 e. The van der Waals surface area contributed by atoms with Crippen molar-refractivity contribution in [3.63, 3.8) is 0 Å². The average molecular weight is 252 g/mol. The molecular weight excluding hydrogens is 240 g/mol. The molecule has 17 heavy (non-hydrogen) atoms. The number of carboxylic acid groups (broad SMARTS) is 1. The lowest BCUT2D eigenvalue weighted by Gasteiger charge is -1.99. The molecule has 2 N–H and O–H groups in total. The normalized spacial score (nSPS) is 11.2. The molecule has 0 saturated heterocycles. The zero-order valence-electron chi connectivity index (χ0n) is 9.43. The van der Waals surface area contributed by atoms with Crippen molar-refractivity contribution in [3.8, 4) is 0 Å². The number of hydrogen-bond donors (Lipinski definition) is 2. The largest absolute Gasteiger partial charge is 0.478 e. The van der Waals surface area contributed by atoms with Crippen molar-refractivity contribution in [2.45, 2.75) is 13.8 Å². The Morgan fingerprint density at radius 1 is 1.41 bits per heavy atom. The second-order valence-corrected chi connectivity index (χ2v) is 3.92. The molecule has 0 saturated carbocycles. The van der Waals surface area contributed by atoms with E-state index in [-0.39, 0.29) is 16.5 Å². The summed E-state index contributed by atoms with van der Waals surface area (Å²) in [5.74, 6) is -1.47. The van der Waals surface area contributed by atoms with E-state index in [0.717, 1.165) is 11.5 Å². The number of nitrogens with zero attached hydrogens (tertiary/aromatic N) is 1. The first-order valence-electron chi connectivity index (χ1n) is 4.86. The zero-order chi connectivity index (χ0) is 12.8. The number of aromatic nitrogens is 1. The maximum absolute atomic E-state index is 11.4. The van der Waals surface area contributed by atoms with Crippen molar-refractivity contribution in [2.75, 3.05) is 5.32 Å². The highest BCUT2D eigenvalue weighted by molar-refractivity contribution is 7.11. The molecule has 0 bridgehead atoms. The first-order chi connectivity index (χ1) is 8.06. The molecule has 0 spiro atoms. The molecule has 1 amide bonds. The summed E-state index contributed by atoms with van der Waals surface area (Å²) in [5.41, 5.74) is 0.443. The van der Waals surface area contributed by atoms with Crippen molar-refractivity contribution in [2.24, 2.45) is 0 Å². The van der Waals surface area contributed by atoms with Crippen LogP contribution in [-0.4, -0.2) is 21.4 Å². The van der Waals surface area contributed by atoms with E-state index in [2.05, 4.69) is 9.69 Å². The first-order valence-corrected chi connectivity index (χ1v) is 5.63. The molecule has 0 unspecified atom stereocenters. The van der Waals surface area contributed by atoms with Crippen LogP contribution in [0.5, 0.6) is 0 Å². The summed E-state index contributed by atoms with van der Waals surface area (Å²) in [6.45, 7) is 3.42. The number of allylic oxidation sites excluding steroid dienone is 3. The molecule has 0 aliphatic carbocycles. The number of amides is 1. The van der Waals surface area contributed by atoms with Gasteiger partial charge in [0.15, 0.2) is 0 Å². The minimum absolute atomic E-state index is 0.0442. The number of aromatic carboxylic acids is 1. The molecule has 0 aromatic carbocycles. The van der Waals surface area contributed by atoms with E-state index in [0.29, 0.717) is 5.69 Å². The number of aryl methyl sites for hydroxylation is 1. The van der Waals surface area contributed by atoms with Crippen LogP contribution in [0.25, 0.3) is 0 Å². The molecule has 1 rings (SSSR count). The van der Waals surface area contributed by atoms with Crippen molar-refractivity contribution < 1.29 is 14.7 Å². The van der Waals surface area contributed by atoms with Gasteiger partial charge in [-0.05, 0) is 25.4 Å². The van der Waals surface area contributed by atoms with E-state index in [1.54, 1.807) is 25.2 Å². The number of carbonyl (C=O) groups is 2. The van der Waals surface area contributed by atoms with Gasteiger partial charge in [-0.2, -0.15) is 4.37 Å². The predicted octanol–water partition coefficient (Wildman–Crippen LogP) is 2.22. The number of anilines is 1. The predicted molar refractivity (Wildman–Crippen MR) is 66.4 cm³/mol. The van der Waals surface area contributed by atoms with E-state index < -0.39 is 5.97 Å². The van der Waals surface area contributed by atoms with Crippen LogP contribution in [0.1, 0.15) is 23.0 Å². The molecular formula is C11H12N2O3S. The second-order valence-electron chi connectivity index (χ2n) is 3.15. The molecule has 1 heterocycles. The van der Waals surface area contributed by atoms with Gasteiger partial charge >= 0.3 is 5.97 Å². The fourth-order valence-corrected chi connectivity index (χ4v) is 1.91. The third kappa shape index (κ3) is 3.53. The van der Waals surface area contributed by atoms with E-state index in [9.17, 15) is 9.59 Å². The molecule has 1 aromatic rings. The van der Waals surface area contributed by atoms with Crippen LogP contribution in [0.4, 0.5) is 5.00 Å². The summed E-state index contributed by atoms with van der Waals surface area (Å²) in [6.07, 6.45) is 6.38. The topological polar surface area (TPSA) is 79.3 Å². The van der Waals surface area contributed by atoms with Crippen LogP contribution in [0.3, 0.4) is 0 Å². The monoisotopic (exact) mass is 252 g/mol. The maximum Gasteiger partial charge on any atom is 0.340 e. The first kappa shape index (κ1) is 13.1. The Labute approximate surface area is 103 Å². The lowest BCUT2D eigenvalue weighted by molar-refractivity contribution is -0.111. The van der Waals surface area contributed by atoms with Gasteiger partial charge in [-0.25, -0.2) is 4.79 Å². The van der Waals surface area contributed by atoms with Gasteiger partial charge in [0.05, 0.1) is 5.69 Å². The molecule has 6 heteroatoms. The Hall–Kier alpha value is -1.95. The van der Waals surface area contributed by atoms with Crippen LogP contribution < -0.4 is 5.32 Å². The highest BCUT2D eigenvalue weighted by Crippen LogP contribution is 2.24. The summed E-state index contributed by atoms with van der Waals surface area (Å²) in [5, 5.41) is 11.7. The van der Waals surface area contributed by atoms with Gasteiger partial charge in [-0.15, -0.1) is 0 Å². The van der Waals surface area contributed by atoms with Crippen LogP contribution in [0.2, 0.25) is 0 Å². The van der Waals surface area contributed by atoms with Gasteiger partial charge in [-0.3, -0.25) is 4.79 Å². The van der Waals surface area contributed by atoms with Crippen molar-refractivity contribution in [3.05, 3.63) is 35.6 Å². The van der Waals surface area contributed by atoms with Gasteiger partial charge in [0.1, 0.15) is 10.6 Å². The third-order valence-corrected chi connectivity index (χ3v) is 2.72. The minimum Gasteiger partial charge on any atom is -0.478 e. The molecule has 0 aliphatic heterocycles. The number of nitrogens with one attached hydrogen (secondary N) is 1. The van der Waals surface area contributed by atoms with E-state index in [4.69, 9.17) is 5.11 Å². The van der Waals surface area contributed by atoms with E-state index in [1.807, 2.05) is 6.92 Å². The molecule has 0 radical (unpaired) electrons. The molecule has 90 valence electrons. The van der Waals surface area contributed by atoms with E-state index in [1.165, 1.54) is 6.08 Å². The van der Waals surface area contributed by atoms with Crippen LogP contribution in [0, 0.1) is 6.92 Å². The SMILES string of the molecule is C/C=C/C=C/C(=O)Nc1snc(C)c1C(=O)O. The van der Waals surface area contributed by atoms with Gasteiger partial charge in [0, 0.05) is 6.08 Å². The fourth-order valence-electron chi connectivity index (χ4n) is 1.11. The van der Waals surface area contributed by atoms with Crippen molar-refractivity contribution in [1.82, 2.24) is 4.37 Å². The Balaban J connectivity index is 2.82. The Morgan fingerprint density at radius 3 is 2.71 bits per heavy atom. The highest BCUT2D eigenvalue weighted by Gasteiger charge is 2.18. The van der Waals surface area contributed by atoms with Gasteiger partial charge in [0.25, 0.3) is 0 Å². The van der Waals surface area contributed by atoms with Gasteiger partial charge < -0.3 is 10.4 Å².